The van der Waals surface area contributed by atoms with Crippen LogP contribution in [0.4, 0.5) is 0 Å². The van der Waals surface area contributed by atoms with Crippen molar-refractivity contribution in [2.75, 3.05) is 28.4 Å². The lowest BCUT2D eigenvalue weighted by molar-refractivity contribution is -0.136. The van der Waals surface area contributed by atoms with Crippen LogP contribution in [-0.2, 0) is 14.3 Å². The van der Waals surface area contributed by atoms with Crippen molar-refractivity contribution in [1.82, 2.24) is 0 Å². The first-order valence-electron chi connectivity index (χ1n) is 9.16. The minimum atomic E-state index is -0.809. The third-order valence-electron chi connectivity index (χ3n) is 6.14. The Labute approximate surface area is 165 Å². The molecular formula is C22H26O6. The molecule has 0 saturated heterocycles. The summed E-state index contributed by atoms with van der Waals surface area (Å²) in [7, 11) is 6.07. The molecule has 0 aromatic heterocycles. The molecule has 3 unspecified atom stereocenters. The molecule has 4 atom stereocenters. The lowest BCUT2D eigenvalue weighted by Gasteiger charge is -2.31. The van der Waals surface area contributed by atoms with Gasteiger partial charge in [0.25, 0.3) is 0 Å². The molecule has 0 amide bonds. The van der Waals surface area contributed by atoms with E-state index in [4.69, 9.17) is 18.9 Å². The fourth-order valence-corrected chi connectivity index (χ4v) is 4.75. The highest BCUT2D eigenvalue weighted by Crippen LogP contribution is 2.59. The number of Topliss-reactive ketones (excluding diaryl/α,β-unsaturated/α-hetero) is 2. The smallest absolute Gasteiger partial charge is 0.208 e. The molecule has 28 heavy (non-hydrogen) atoms. The van der Waals surface area contributed by atoms with Crippen molar-refractivity contribution >= 4 is 11.6 Å². The van der Waals surface area contributed by atoms with Gasteiger partial charge in [0.2, 0.25) is 11.5 Å². The Balaban J connectivity index is 2.21. The van der Waals surface area contributed by atoms with E-state index in [0.717, 1.165) is 5.56 Å². The van der Waals surface area contributed by atoms with Crippen LogP contribution in [0.3, 0.4) is 0 Å². The van der Waals surface area contributed by atoms with E-state index >= 15 is 0 Å². The number of ether oxygens (including phenoxy) is 4. The first-order valence-corrected chi connectivity index (χ1v) is 9.16. The van der Waals surface area contributed by atoms with Crippen LogP contribution in [0.2, 0.25) is 0 Å². The maximum Gasteiger partial charge on any atom is 0.208 e. The summed E-state index contributed by atoms with van der Waals surface area (Å²) >= 11 is 0. The molecule has 2 aliphatic carbocycles. The molecule has 0 radical (unpaired) electrons. The molecule has 3 rings (SSSR count). The van der Waals surface area contributed by atoms with Crippen molar-refractivity contribution in [3.05, 3.63) is 42.2 Å². The van der Waals surface area contributed by atoms with Gasteiger partial charge in [-0.25, -0.2) is 0 Å². The minimum Gasteiger partial charge on any atom is -0.493 e. The van der Waals surface area contributed by atoms with Crippen molar-refractivity contribution in [3.8, 4) is 17.2 Å². The summed E-state index contributed by atoms with van der Waals surface area (Å²) in [5, 5.41) is 0. The highest BCUT2D eigenvalue weighted by Gasteiger charge is 2.62. The third-order valence-corrected chi connectivity index (χ3v) is 6.14. The van der Waals surface area contributed by atoms with E-state index in [2.05, 4.69) is 6.58 Å². The van der Waals surface area contributed by atoms with Gasteiger partial charge < -0.3 is 18.9 Å². The van der Waals surface area contributed by atoms with E-state index in [1.165, 1.54) is 28.4 Å². The number of rotatable bonds is 7. The number of carbonyl (C=O) groups is 2. The summed E-state index contributed by atoms with van der Waals surface area (Å²) in [6.07, 6.45) is 3.87. The van der Waals surface area contributed by atoms with E-state index in [1.807, 2.05) is 19.1 Å². The van der Waals surface area contributed by atoms with E-state index in [1.54, 1.807) is 12.2 Å². The Bertz CT molecular complexity index is 830. The molecule has 1 aromatic carbocycles. The van der Waals surface area contributed by atoms with Crippen LogP contribution in [-0.4, -0.2) is 40.0 Å². The summed E-state index contributed by atoms with van der Waals surface area (Å²) in [5.41, 5.74) is -0.0121. The van der Waals surface area contributed by atoms with Crippen LogP contribution in [0.25, 0.3) is 0 Å². The average Bonchev–Trinajstić information content (AvgIpc) is 2.85. The van der Waals surface area contributed by atoms with Gasteiger partial charge in [-0.1, -0.05) is 13.0 Å². The number of methoxy groups -OCH3 is 4. The Morgan fingerprint density at radius 3 is 2.11 bits per heavy atom. The fraction of sp³-hybridized carbons (Fsp3) is 0.455. The van der Waals surface area contributed by atoms with Gasteiger partial charge in [-0.05, 0) is 36.1 Å². The first kappa shape index (κ1) is 20.0. The molecule has 1 aromatic rings. The molecule has 6 nitrogen and oxygen atoms in total. The summed E-state index contributed by atoms with van der Waals surface area (Å²) in [6, 6.07) is 3.63. The summed E-state index contributed by atoms with van der Waals surface area (Å²) < 4.78 is 21.6. The minimum absolute atomic E-state index is 0.0792. The number of ketones is 2. The van der Waals surface area contributed by atoms with Gasteiger partial charge in [0.15, 0.2) is 23.0 Å². The summed E-state index contributed by atoms with van der Waals surface area (Å²) in [6.45, 7) is 5.81. The molecule has 6 heteroatoms. The van der Waals surface area contributed by atoms with Crippen molar-refractivity contribution in [3.63, 3.8) is 0 Å². The number of hydrogen-bond acceptors (Lipinski definition) is 6. The van der Waals surface area contributed by atoms with Crippen molar-refractivity contribution in [1.29, 1.82) is 0 Å². The molecule has 2 bridgehead atoms. The van der Waals surface area contributed by atoms with Crippen LogP contribution >= 0.6 is 0 Å². The molecule has 0 N–H and O–H groups in total. The largest absolute Gasteiger partial charge is 0.493 e. The standard InChI is InChI=1S/C22H26O6/c1-7-8-22-11-16(27-5)19(23)18(21(22)24)17(12(22)2)13-9-14(25-3)20(28-6)15(10-13)26-4/h7,9-12,17-18H,1,8H2,2-6H3/t12?,17?,18?,22-/m1/s1. The SMILES string of the molecule is C=CC[C@]12C=C(OC)C(=O)C(C1=O)C(c1cc(OC)c(OC)c(OC)c1)C2C. The number of allylic oxidation sites excluding steroid dienone is 3. The molecule has 0 heterocycles. The predicted molar refractivity (Wildman–Crippen MR) is 104 cm³/mol. The molecular weight excluding hydrogens is 360 g/mol. The maximum absolute atomic E-state index is 13.3. The van der Waals surface area contributed by atoms with Gasteiger partial charge in [-0.2, -0.15) is 0 Å². The lowest BCUT2D eigenvalue weighted by Crippen LogP contribution is -2.38. The Hall–Kier alpha value is -2.76. The number of benzene rings is 1. The van der Waals surface area contributed by atoms with Crippen LogP contribution in [0.1, 0.15) is 24.8 Å². The van der Waals surface area contributed by atoms with Gasteiger partial charge in [0.1, 0.15) is 0 Å². The first-order chi connectivity index (χ1) is 13.4. The summed E-state index contributed by atoms with van der Waals surface area (Å²) in [5.74, 6) is 0.0494. The zero-order chi connectivity index (χ0) is 20.6. The molecule has 0 aliphatic heterocycles. The highest BCUT2D eigenvalue weighted by molar-refractivity contribution is 6.17. The normalized spacial score (nSPS) is 28.6. The van der Waals surface area contributed by atoms with Gasteiger partial charge in [-0.15, -0.1) is 6.58 Å². The summed E-state index contributed by atoms with van der Waals surface area (Å²) in [4.78, 5) is 26.3. The maximum atomic E-state index is 13.3. The molecule has 2 aliphatic rings. The predicted octanol–water partition coefficient (Wildman–Crippen LogP) is 3.31. The fourth-order valence-electron chi connectivity index (χ4n) is 4.75. The van der Waals surface area contributed by atoms with Gasteiger partial charge in [-0.3, -0.25) is 9.59 Å². The molecule has 1 saturated carbocycles. The van der Waals surface area contributed by atoms with Crippen molar-refractivity contribution < 1.29 is 28.5 Å². The molecule has 1 fully saturated rings. The van der Waals surface area contributed by atoms with Gasteiger partial charge >= 0.3 is 0 Å². The molecule has 0 spiro atoms. The van der Waals surface area contributed by atoms with Crippen molar-refractivity contribution in [2.45, 2.75) is 19.3 Å². The van der Waals surface area contributed by atoms with E-state index in [9.17, 15) is 9.59 Å². The zero-order valence-electron chi connectivity index (χ0n) is 16.9. The number of hydrogen-bond donors (Lipinski definition) is 0. The number of fused-ring (bicyclic) bond motifs is 2. The average molecular weight is 386 g/mol. The Morgan fingerprint density at radius 2 is 1.64 bits per heavy atom. The van der Waals surface area contributed by atoms with Crippen LogP contribution in [0.5, 0.6) is 17.2 Å². The van der Waals surface area contributed by atoms with Crippen LogP contribution in [0, 0.1) is 17.3 Å². The second-order valence-corrected chi connectivity index (χ2v) is 7.23. The van der Waals surface area contributed by atoms with Crippen LogP contribution < -0.4 is 14.2 Å². The quantitative estimate of drug-likeness (QED) is 0.529. The highest BCUT2D eigenvalue weighted by atomic mass is 16.5. The second-order valence-electron chi connectivity index (χ2n) is 7.23. The molecule has 150 valence electrons. The topological polar surface area (TPSA) is 71.1 Å². The third kappa shape index (κ3) is 2.62. The monoisotopic (exact) mass is 386 g/mol. The Morgan fingerprint density at radius 1 is 1.04 bits per heavy atom. The van der Waals surface area contributed by atoms with E-state index in [0.29, 0.717) is 23.7 Å². The van der Waals surface area contributed by atoms with E-state index < -0.39 is 11.3 Å². The number of carbonyl (C=O) groups excluding carboxylic acids is 2. The Kier molecular flexibility index (Phi) is 5.24. The van der Waals surface area contributed by atoms with Gasteiger partial charge in [0.05, 0.1) is 39.8 Å². The second kappa shape index (κ2) is 7.34. The van der Waals surface area contributed by atoms with Gasteiger partial charge in [0, 0.05) is 5.92 Å². The van der Waals surface area contributed by atoms with Crippen molar-refractivity contribution in [2.24, 2.45) is 17.3 Å². The zero-order valence-corrected chi connectivity index (χ0v) is 16.9. The van der Waals surface area contributed by atoms with E-state index in [-0.39, 0.29) is 29.2 Å². The lowest BCUT2D eigenvalue weighted by atomic mass is 9.71. The van der Waals surface area contributed by atoms with Crippen LogP contribution in [0.15, 0.2) is 36.6 Å².